The van der Waals surface area contributed by atoms with Crippen molar-refractivity contribution in [2.75, 3.05) is 20.6 Å². The van der Waals surface area contributed by atoms with Gasteiger partial charge in [0, 0.05) is 39.6 Å². The maximum atomic E-state index is 13.2. The Balaban J connectivity index is 0.00000288. The zero-order chi connectivity index (χ0) is 16.8. The van der Waals surface area contributed by atoms with Crippen LogP contribution in [0.2, 0.25) is 5.02 Å². The number of nitrogens with one attached hydrogen (secondary N) is 1. The molecule has 0 aliphatic carbocycles. The van der Waals surface area contributed by atoms with Crippen LogP contribution in [0.15, 0.2) is 41.5 Å². The number of hydrogen-bond acceptors (Lipinski definition) is 1. The van der Waals surface area contributed by atoms with Crippen LogP contribution in [0.5, 0.6) is 0 Å². The van der Waals surface area contributed by atoms with Gasteiger partial charge in [-0.2, -0.15) is 0 Å². The Morgan fingerprint density at radius 1 is 1.38 bits per heavy atom. The lowest BCUT2D eigenvalue weighted by Crippen LogP contribution is -2.39. The van der Waals surface area contributed by atoms with E-state index < -0.39 is 0 Å². The minimum absolute atomic E-state index is 0. The minimum Gasteiger partial charge on any atom is -0.356 e. The highest BCUT2D eigenvalue weighted by Gasteiger charge is 2.09. The van der Waals surface area contributed by atoms with Crippen molar-refractivity contribution >= 4 is 41.5 Å². The van der Waals surface area contributed by atoms with E-state index in [1.165, 1.54) is 6.07 Å². The van der Waals surface area contributed by atoms with Gasteiger partial charge in [0.2, 0.25) is 0 Å². The summed E-state index contributed by atoms with van der Waals surface area (Å²) in [6.07, 6.45) is 2.62. The lowest BCUT2D eigenvalue weighted by atomic mass is 10.1. The van der Waals surface area contributed by atoms with Crippen molar-refractivity contribution in [2.24, 2.45) is 12.0 Å². The average molecular weight is 465 g/mol. The molecule has 0 bridgehead atoms. The van der Waals surface area contributed by atoms with Crippen molar-refractivity contribution < 1.29 is 4.39 Å². The Kier molecular flexibility index (Phi) is 8.55. The number of nitrogens with zero attached hydrogens (tertiary/aromatic N) is 3. The SMILES string of the molecule is CN=C(NCCc1cccc(F)c1)N(C)Cc1cc(Cl)cn1C.I. The first kappa shape index (κ1) is 20.8. The quantitative estimate of drug-likeness (QED) is 0.416. The number of hydrogen-bond donors (Lipinski definition) is 1. The molecular weight excluding hydrogens is 442 g/mol. The Bertz CT molecular complexity index is 687. The van der Waals surface area contributed by atoms with Crippen molar-refractivity contribution in [3.05, 3.63) is 58.6 Å². The average Bonchev–Trinajstić information content (AvgIpc) is 2.81. The van der Waals surface area contributed by atoms with E-state index in [2.05, 4.69) is 10.3 Å². The first-order valence-electron chi connectivity index (χ1n) is 7.46. The monoisotopic (exact) mass is 464 g/mol. The van der Waals surface area contributed by atoms with Crippen LogP contribution >= 0.6 is 35.6 Å². The van der Waals surface area contributed by atoms with Gasteiger partial charge in [0.25, 0.3) is 0 Å². The Morgan fingerprint density at radius 2 is 2.12 bits per heavy atom. The van der Waals surface area contributed by atoms with Crippen LogP contribution in [0.1, 0.15) is 11.3 Å². The zero-order valence-electron chi connectivity index (χ0n) is 14.1. The fraction of sp³-hybridized carbons (Fsp3) is 0.353. The second-order valence-electron chi connectivity index (χ2n) is 5.47. The van der Waals surface area contributed by atoms with E-state index in [0.29, 0.717) is 13.1 Å². The van der Waals surface area contributed by atoms with Gasteiger partial charge in [-0.05, 0) is 30.2 Å². The third-order valence-electron chi connectivity index (χ3n) is 3.63. The molecule has 0 fully saturated rings. The van der Waals surface area contributed by atoms with Crippen LogP contribution in [0.25, 0.3) is 0 Å². The number of halogens is 3. The molecule has 2 aromatic rings. The summed E-state index contributed by atoms with van der Waals surface area (Å²) < 4.78 is 15.2. The second-order valence-corrected chi connectivity index (χ2v) is 5.91. The Labute approximate surface area is 164 Å². The van der Waals surface area contributed by atoms with Gasteiger partial charge in [-0.15, -0.1) is 24.0 Å². The third-order valence-corrected chi connectivity index (χ3v) is 3.84. The van der Waals surface area contributed by atoms with Gasteiger partial charge < -0.3 is 14.8 Å². The van der Waals surface area contributed by atoms with Crippen molar-refractivity contribution in [1.82, 2.24) is 14.8 Å². The molecule has 0 atom stereocenters. The first-order chi connectivity index (χ1) is 11.0. The molecule has 0 radical (unpaired) electrons. The molecule has 24 heavy (non-hydrogen) atoms. The summed E-state index contributed by atoms with van der Waals surface area (Å²) in [5.74, 6) is 0.586. The van der Waals surface area contributed by atoms with E-state index in [1.807, 2.05) is 41.9 Å². The topological polar surface area (TPSA) is 32.6 Å². The van der Waals surface area contributed by atoms with E-state index in [1.54, 1.807) is 19.2 Å². The van der Waals surface area contributed by atoms with Gasteiger partial charge in [-0.3, -0.25) is 4.99 Å². The first-order valence-corrected chi connectivity index (χ1v) is 7.84. The van der Waals surface area contributed by atoms with Crippen LogP contribution < -0.4 is 5.32 Å². The third kappa shape index (κ3) is 5.98. The van der Waals surface area contributed by atoms with Gasteiger partial charge in [0.15, 0.2) is 5.96 Å². The van der Waals surface area contributed by atoms with Gasteiger partial charge >= 0.3 is 0 Å². The smallest absolute Gasteiger partial charge is 0.193 e. The molecular formula is C17H23ClFIN4. The van der Waals surface area contributed by atoms with E-state index >= 15 is 0 Å². The van der Waals surface area contributed by atoms with Crippen molar-refractivity contribution in [3.8, 4) is 0 Å². The minimum atomic E-state index is -0.204. The normalized spacial score (nSPS) is 11.1. The highest BCUT2D eigenvalue weighted by Crippen LogP contribution is 2.14. The Hall–Kier alpha value is -1.28. The largest absolute Gasteiger partial charge is 0.356 e. The summed E-state index contributed by atoms with van der Waals surface area (Å²) in [5, 5.41) is 4.02. The molecule has 132 valence electrons. The molecule has 4 nitrogen and oxygen atoms in total. The number of benzene rings is 1. The molecule has 0 amide bonds. The van der Waals surface area contributed by atoms with Crippen LogP contribution in [-0.2, 0) is 20.0 Å². The van der Waals surface area contributed by atoms with Crippen LogP contribution in [0, 0.1) is 5.82 Å². The maximum Gasteiger partial charge on any atom is 0.193 e. The number of aromatic nitrogens is 1. The fourth-order valence-electron chi connectivity index (χ4n) is 2.44. The number of aliphatic imine (C=N–C) groups is 1. The molecule has 2 rings (SSSR count). The van der Waals surface area contributed by atoms with Crippen molar-refractivity contribution in [2.45, 2.75) is 13.0 Å². The lowest BCUT2D eigenvalue weighted by molar-refractivity contribution is 0.462. The summed E-state index contributed by atoms with van der Waals surface area (Å²) in [4.78, 5) is 6.31. The molecule has 0 saturated carbocycles. The van der Waals surface area contributed by atoms with Crippen molar-refractivity contribution in [1.29, 1.82) is 0 Å². The van der Waals surface area contributed by atoms with Gasteiger partial charge in [-0.25, -0.2) is 4.39 Å². The lowest BCUT2D eigenvalue weighted by Gasteiger charge is -2.22. The highest BCUT2D eigenvalue weighted by atomic mass is 127. The van der Waals surface area contributed by atoms with Gasteiger partial charge in [0.05, 0.1) is 11.6 Å². The van der Waals surface area contributed by atoms with E-state index in [-0.39, 0.29) is 29.8 Å². The molecule has 1 aromatic carbocycles. The summed E-state index contributed by atoms with van der Waals surface area (Å²) in [7, 11) is 5.69. The summed E-state index contributed by atoms with van der Waals surface area (Å²) >= 11 is 6.01. The molecule has 0 aliphatic heterocycles. The highest BCUT2D eigenvalue weighted by molar-refractivity contribution is 14.0. The van der Waals surface area contributed by atoms with Gasteiger partial charge in [-0.1, -0.05) is 23.7 Å². The molecule has 1 heterocycles. The second kappa shape index (κ2) is 9.88. The summed E-state index contributed by atoms with van der Waals surface area (Å²) in [6.45, 7) is 1.39. The van der Waals surface area contributed by atoms with E-state index in [4.69, 9.17) is 11.6 Å². The van der Waals surface area contributed by atoms with Gasteiger partial charge in [0.1, 0.15) is 5.82 Å². The van der Waals surface area contributed by atoms with Crippen LogP contribution in [-0.4, -0.2) is 36.1 Å². The maximum absolute atomic E-state index is 13.2. The van der Waals surface area contributed by atoms with E-state index in [9.17, 15) is 4.39 Å². The number of rotatable bonds is 5. The van der Waals surface area contributed by atoms with Crippen molar-refractivity contribution in [3.63, 3.8) is 0 Å². The summed E-state index contributed by atoms with van der Waals surface area (Å²) in [6, 6.07) is 8.60. The Morgan fingerprint density at radius 3 is 2.71 bits per heavy atom. The predicted molar refractivity (Wildman–Crippen MR) is 109 cm³/mol. The molecule has 7 heteroatoms. The fourth-order valence-corrected chi connectivity index (χ4v) is 2.71. The molecule has 0 unspecified atom stereocenters. The molecule has 0 spiro atoms. The number of guanidine groups is 1. The molecule has 0 saturated heterocycles. The molecule has 1 N–H and O–H groups in total. The predicted octanol–water partition coefficient (Wildman–Crippen LogP) is 3.69. The zero-order valence-corrected chi connectivity index (χ0v) is 17.2. The standard InChI is InChI=1S/C17H22ClFN4.HI/c1-20-17(21-8-7-13-5-4-6-15(19)9-13)23(3)12-16-10-14(18)11-22(16)2;/h4-6,9-11H,7-8,12H2,1-3H3,(H,20,21);1H. The van der Waals surface area contributed by atoms with E-state index in [0.717, 1.165) is 28.7 Å². The number of aryl methyl sites for hydroxylation is 1. The summed E-state index contributed by atoms with van der Waals surface area (Å²) in [5.41, 5.74) is 2.07. The van der Waals surface area contributed by atoms with Crippen LogP contribution in [0.3, 0.4) is 0 Å². The molecule has 1 aromatic heterocycles. The van der Waals surface area contributed by atoms with Crippen LogP contribution in [0.4, 0.5) is 4.39 Å². The molecule has 0 aliphatic rings.